The second-order valence-electron chi connectivity index (χ2n) is 10.5. The van der Waals surface area contributed by atoms with Crippen LogP contribution in [0.4, 0.5) is 23.9 Å². The topological polar surface area (TPSA) is 64.6 Å². The summed E-state index contributed by atoms with van der Waals surface area (Å²) in [5.74, 6) is 0.253. The second-order valence-corrected chi connectivity index (χ2v) is 10.5. The fraction of sp³-hybridized carbons (Fsp3) is 0.560. The van der Waals surface area contributed by atoms with E-state index in [0.29, 0.717) is 18.5 Å². The molecule has 1 spiro atoms. The molecule has 3 aliphatic rings. The van der Waals surface area contributed by atoms with Crippen molar-refractivity contribution in [2.75, 3.05) is 31.1 Å². The first-order chi connectivity index (χ1) is 16.6. The number of carbonyl (C=O) groups is 1. The smallest absolute Gasteiger partial charge is 0.335 e. The summed E-state index contributed by atoms with van der Waals surface area (Å²) in [6.45, 7) is 7.92. The fourth-order valence-corrected chi connectivity index (χ4v) is 5.76. The van der Waals surface area contributed by atoms with Crippen molar-refractivity contribution in [1.29, 1.82) is 0 Å². The number of halogens is 3. The Balaban J connectivity index is 1.09. The van der Waals surface area contributed by atoms with E-state index in [1.54, 1.807) is 0 Å². The second kappa shape index (κ2) is 8.96. The molecular weight excluding hydrogens is 457 g/mol. The van der Waals surface area contributed by atoms with Crippen molar-refractivity contribution >= 4 is 12.0 Å². The predicted octanol–water partition coefficient (Wildman–Crippen LogP) is 3.77. The lowest BCUT2D eigenvalue weighted by atomic mass is 9.60. The van der Waals surface area contributed by atoms with Gasteiger partial charge in [0.25, 0.3) is 0 Å². The summed E-state index contributed by atoms with van der Waals surface area (Å²) in [7, 11) is 0. The van der Waals surface area contributed by atoms with E-state index in [4.69, 9.17) is 0 Å². The Kier molecular flexibility index (Phi) is 6.11. The van der Waals surface area contributed by atoms with E-state index < -0.39 is 11.7 Å². The lowest BCUT2D eigenvalue weighted by molar-refractivity contribution is -0.138. The van der Waals surface area contributed by atoms with Crippen LogP contribution in [0.2, 0.25) is 0 Å². The molecule has 0 bridgehead atoms. The van der Waals surface area contributed by atoms with Gasteiger partial charge in [-0.25, -0.2) is 14.8 Å². The molecule has 35 heavy (non-hydrogen) atoms. The molecule has 2 aromatic rings. The number of alkyl halides is 3. The highest BCUT2D eigenvalue weighted by molar-refractivity contribution is 5.75. The van der Waals surface area contributed by atoms with Crippen molar-refractivity contribution in [1.82, 2.24) is 25.1 Å². The Hall–Kier alpha value is -2.88. The Bertz CT molecular complexity index is 1030. The van der Waals surface area contributed by atoms with Crippen molar-refractivity contribution in [3.63, 3.8) is 0 Å². The molecule has 1 N–H and O–H groups in total. The summed E-state index contributed by atoms with van der Waals surface area (Å²) in [6.07, 6.45) is -0.825. The van der Waals surface area contributed by atoms with E-state index in [2.05, 4.69) is 44.5 Å². The van der Waals surface area contributed by atoms with E-state index >= 15 is 0 Å². The molecule has 0 unspecified atom stereocenters. The van der Waals surface area contributed by atoms with Gasteiger partial charge in [-0.2, -0.15) is 13.2 Å². The number of hydrogen-bond acceptors (Lipinski definition) is 5. The third-order valence-corrected chi connectivity index (χ3v) is 7.52. The maximum Gasteiger partial charge on any atom is 0.419 e. The molecule has 7 nitrogen and oxygen atoms in total. The number of piperazine rings is 1. The SMILES string of the molecule is C[C@@H]1CN(C(=O)NC2CC3(C2)CN(Cc2ccccc2)C3)[C@@H](C)CN1c1ncc(C(F)(F)F)cn1. The molecule has 188 valence electrons. The van der Waals surface area contributed by atoms with Gasteiger partial charge in [-0.3, -0.25) is 4.90 Å². The van der Waals surface area contributed by atoms with Crippen LogP contribution in [-0.2, 0) is 12.7 Å². The van der Waals surface area contributed by atoms with Crippen LogP contribution in [0.5, 0.6) is 0 Å². The number of aromatic nitrogens is 2. The van der Waals surface area contributed by atoms with Crippen LogP contribution in [-0.4, -0.2) is 70.1 Å². The number of nitrogens with one attached hydrogen (secondary N) is 1. The largest absolute Gasteiger partial charge is 0.419 e. The molecule has 1 saturated carbocycles. The lowest BCUT2D eigenvalue weighted by Crippen LogP contribution is -2.68. The van der Waals surface area contributed by atoms with Crippen LogP contribution < -0.4 is 10.2 Å². The molecule has 3 heterocycles. The van der Waals surface area contributed by atoms with Crippen molar-refractivity contribution in [2.24, 2.45) is 5.41 Å². The minimum atomic E-state index is -4.46. The zero-order valence-electron chi connectivity index (χ0n) is 20.0. The highest BCUT2D eigenvalue weighted by Crippen LogP contribution is 2.48. The number of anilines is 1. The number of amides is 2. The maximum atomic E-state index is 13.0. The molecule has 2 aliphatic heterocycles. The molecule has 3 fully saturated rings. The van der Waals surface area contributed by atoms with Gasteiger partial charge in [0.15, 0.2) is 0 Å². The summed E-state index contributed by atoms with van der Waals surface area (Å²) >= 11 is 0. The van der Waals surface area contributed by atoms with Crippen molar-refractivity contribution < 1.29 is 18.0 Å². The summed E-state index contributed by atoms with van der Waals surface area (Å²) < 4.78 is 38.4. The zero-order valence-corrected chi connectivity index (χ0v) is 20.0. The van der Waals surface area contributed by atoms with E-state index in [9.17, 15) is 18.0 Å². The van der Waals surface area contributed by atoms with Gasteiger partial charge < -0.3 is 15.1 Å². The highest BCUT2D eigenvalue weighted by Gasteiger charge is 2.52. The minimum Gasteiger partial charge on any atom is -0.335 e. The molecule has 10 heteroatoms. The minimum absolute atomic E-state index is 0.0716. The third kappa shape index (κ3) is 4.94. The normalized spacial score (nSPS) is 24.7. The van der Waals surface area contributed by atoms with Gasteiger partial charge in [0, 0.05) is 63.2 Å². The summed E-state index contributed by atoms with van der Waals surface area (Å²) in [6, 6.07) is 10.4. The Morgan fingerprint density at radius 3 is 2.34 bits per heavy atom. The van der Waals surface area contributed by atoms with Crippen molar-refractivity contribution in [3.05, 3.63) is 53.9 Å². The van der Waals surface area contributed by atoms with Gasteiger partial charge in [-0.15, -0.1) is 0 Å². The molecular formula is C25H31F3N6O. The molecule has 1 aromatic heterocycles. The lowest BCUT2D eigenvalue weighted by Gasteiger charge is -2.59. The third-order valence-electron chi connectivity index (χ3n) is 7.52. The molecule has 1 aromatic carbocycles. The van der Waals surface area contributed by atoms with Crippen LogP contribution in [0.1, 0.15) is 37.8 Å². The average Bonchev–Trinajstić information content (AvgIpc) is 2.77. The average molecular weight is 489 g/mol. The molecule has 2 amide bonds. The number of nitrogens with zero attached hydrogens (tertiary/aromatic N) is 5. The quantitative estimate of drug-likeness (QED) is 0.710. The monoisotopic (exact) mass is 488 g/mol. The first-order valence-corrected chi connectivity index (χ1v) is 12.1. The molecule has 0 radical (unpaired) electrons. The molecule has 1 aliphatic carbocycles. The maximum absolute atomic E-state index is 13.0. The molecule has 5 rings (SSSR count). The zero-order chi connectivity index (χ0) is 24.8. The summed E-state index contributed by atoms with van der Waals surface area (Å²) in [5.41, 5.74) is 0.799. The summed E-state index contributed by atoms with van der Waals surface area (Å²) in [4.78, 5) is 27.0. The van der Waals surface area contributed by atoms with Gasteiger partial charge >= 0.3 is 12.2 Å². The van der Waals surface area contributed by atoms with Crippen molar-refractivity contribution in [2.45, 2.75) is 57.5 Å². The Labute approximate surface area is 203 Å². The van der Waals surface area contributed by atoms with E-state index in [1.165, 1.54) is 5.56 Å². The Morgan fingerprint density at radius 1 is 1.06 bits per heavy atom. The number of urea groups is 1. The number of hydrogen-bond donors (Lipinski definition) is 1. The first kappa shape index (κ1) is 23.8. The predicted molar refractivity (Wildman–Crippen MR) is 126 cm³/mol. The van der Waals surface area contributed by atoms with E-state index in [-0.39, 0.29) is 30.1 Å². The first-order valence-electron chi connectivity index (χ1n) is 12.1. The fourth-order valence-electron chi connectivity index (χ4n) is 5.76. The number of benzene rings is 1. The van der Waals surface area contributed by atoms with Crippen LogP contribution >= 0.6 is 0 Å². The van der Waals surface area contributed by atoms with Crippen LogP contribution in [0, 0.1) is 5.41 Å². The van der Waals surface area contributed by atoms with Crippen LogP contribution in [0.25, 0.3) is 0 Å². The van der Waals surface area contributed by atoms with Gasteiger partial charge in [0.05, 0.1) is 5.56 Å². The van der Waals surface area contributed by atoms with Gasteiger partial charge in [-0.05, 0) is 37.7 Å². The van der Waals surface area contributed by atoms with E-state index in [1.807, 2.05) is 29.7 Å². The highest BCUT2D eigenvalue weighted by atomic mass is 19.4. The van der Waals surface area contributed by atoms with Crippen LogP contribution in [0.15, 0.2) is 42.7 Å². The Morgan fingerprint density at radius 2 is 1.71 bits per heavy atom. The van der Waals surface area contributed by atoms with Crippen LogP contribution in [0.3, 0.4) is 0 Å². The summed E-state index contributed by atoms with van der Waals surface area (Å²) in [5, 5.41) is 3.20. The number of rotatable bonds is 4. The standard InChI is InChI=1S/C25H31F3N6O/c1-17-13-34(18(2)12-33(17)22-29-10-20(11-30-22)25(26,27)28)23(35)31-21-8-24(9-21)15-32(16-24)14-19-6-4-3-5-7-19/h3-7,10-11,17-18,21H,8-9,12-16H2,1-2H3,(H,31,35)/t17-,18+/m1/s1. The van der Waals surface area contributed by atoms with Crippen molar-refractivity contribution in [3.8, 4) is 0 Å². The molecule has 2 saturated heterocycles. The van der Waals surface area contributed by atoms with Gasteiger partial charge in [0.2, 0.25) is 5.95 Å². The number of likely N-dealkylation sites (tertiary alicyclic amines) is 1. The number of carbonyl (C=O) groups excluding carboxylic acids is 1. The molecule has 2 atom stereocenters. The van der Waals surface area contributed by atoms with Gasteiger partial charge in [-0.1, -0.05) is 30.3 Å². The van der Waals surface area contributed by atoms with E-state index in [0.717, 1.165) is 44.9 Å². The van der Waals surface area contributed by atoms with Gasteiger partial charge in [0.1, 0.15) is 0 Å².